The summed E-state index contributed by atoms with van der Waals surface area (Å²) in [5.74, 6) is 1.29. The highest BCUT2D eigenvalue weighted by Crippen LogP contribution is 2.35. The third-order valence-electron chi connectivity index (χ3n) is 6.09. The number of benzene rings is 1. The number of rotatable bonds is 6. The highest BCUT2D eigenvalue weighted by Gasteiger charge is 2.30. The van der Waals surface area contributed by atoms with Gasteiger partial charge in [-0.15, -0.1) is 0 Å². The van der Waals surface area contributed by atoms with Gasteiger partial charge in [-0.25, -0.2) is 9.97 Å². The molecule has 2 atom stereocenters. The number of amides is 2. The highest BCUT2D eigenvalue weighted by atomic mass is 16.5. The number of aryl methyl sites for hydroxylation is 1. The smallest absolute Gasteiger partial charge is 0.255 e. The van der Waals surface area contributed by atoms with Crippen molar-refractivity contribution in [3.63, 3.8) is 0 Å². The molecule has 1 saturated carbocycles. The molecule has 2 heterocycles. The summed E-state index contributed by atoms with van der Waals surface area (Å²) < 4.78 is 5.97. The lowest BCUT2D eigenvalue weighted by Crippen LogP contribution is -2.33. The van der Waals surface area contributed by atoms with E-state index in [-0.39, 0.29) is 23.9 Å². The van der Waals surface area contributed by atoms with Gasteiger partial charge in [-0.3, -0.25) is 9.59 Å². The van der Waals surface area contributed by atoms with E-state index in [4.69, 9.17) is 4.74 Å². The molecule has 8 nitrogen and oxygen atoms in total. The zero-order valence-corrected chi connectivity index (χ0v) is 17.6. The number of aromatic nitrogens is 3. The van der Waals surface area contributed by atoms with Gasteiger partial charge in [0.1, 0.15) is 11.3 Å². The standard InChI is InChI=1S/C23H25N5O3/c1-12(14-3-4-14)26-23(30)18-10-24-22-21(18)28-20(11-25-22)31-16-7-5-15-6-8-19(17(15)9-16)27-13(2)29/h5,7,9-12,14,19H,3-4,6,8H2,1-2H3,(H,24,25)(H,26,30)(H,27,29)/t12-,19+/m0/s1. The van der Waals surface area contributed by atoms with Crippen LogP contribution in [0.25, 0.3) is 11.2 Å². The Hall–Kier alpha value is -3.42. The molecule has 160 valence electrons. The Balaban J connectivity index is 1.37. The van der Waals surface area contributed by atoms with Gasteiger partial charge in [0, 0.05) is 19.2 Å². The maximum absolute atomic E-state index is 12.7. The molecule has 3 aromatic rings. The first-order valence-electron chi connectivity index (χ1n) is 10.7. The molecule has 1 aromatic carbocycles. The minimum absolute atomic E-state index is 0.00181. The lowest BCUT2D eigenvalue weighted by Gasteiger charge is -2.14. The fraction of sp³-hybridized carbons (Fsp3) is 0.391. The fourth-order valence-electron chi connectivity index (χ4n) is 4.26. The van der Waals surface area contributed by atoms with Crippen LogP contribution in [0, 0.1) is 5.92 Å². The number of carbonyl (C=O) groups excluding carboxylic acids is 2. The lowest BCUT2D eigenvalue weighted by atomic mass is 10.1. The van der Waals surface area contributed by atoms with Crippen molar-refractivity contribution < 1.29 is 14.3 Å². The van der Waals surface area contributed by atoms with Gasteiger partial charge in [0.25, 0.3) is 5.91 Å². The number of aromatic amines is 1. The third-order valence-corrected chi connectivity index (χ3v) is 6.09. The van der Waals surface area contributed by atoms with Gasteiger partial charge in [-0.1, -0.05) is 6.07 Å². The van der Waals surface area contributed by atoms with Crippen molar-refractivity contribution in [2.24, 2.45) is 5.92 Å². The van der Waals surface area contributed by atoms with Crippen molar-refractivity contribution in [2.45, 2.75) is 51.6 Å². The Bertz CT molecular complexity index is 1170. The van der Waals surface area contributed by atoms with Crippen molar-refractivity contribution in [3.05, 3.63) is 47.3 Å². The topological polar surface area (TPSA) is 109 Å². The SMILES string of the molecule is CC(=O)N[C@@H]1CCc2ccc(Oc3cnc4[nH]cc(C(=O)N[C@@H](C)C5CC5)c4n3)cc21. The van der Waals surface area contributed by atoms with E-state index in [0.29, 0.717) is 34.3 Å². The number of nitrogens with one attached hydrogen (secondary N) is 3. The van der Waals surface area contributed by atoms with E-state index in [2.05, 4.69) is 25.6 Å². The third kappa shape index (κ3) is 3.97. The summed E-state index contributed by atoms with van der Waals surface area (Å²) in [7, 11) is 0. The van der Waals surface area contributed by atoms with Crippen molar-refractivity contribution in [2.75, 3.05) is 0 Å². The Kier molecular flexibility index (Phi) is 4.84. The second-order valence-corrected chi connectivity index (χ2v) is 8.46. The van der Waals surface area contributed by atoms with Gasteiger partial charge in [-0.2, -0.15) is 0 Å². The maximum atomic E-state index is 12.7. The summed E-state index contributed by atoms with van der Waals surface area (Å²) in [4.78, 5) is 36.1. The van der Waals surface area contributed by atoms with Crippen LogP contribution in [0.3, 0.4) is 0 Å². The maximum Gasteiger partial charge on any atom is 0.255 e. The van der Waals surface area contributed by atoms with Gasteiger partial charge >= 0.3 is 0 Å². The van der Waals surface area contributed by atoms with Crippen LogP contribution in [-0.2, 0) is 11.2 Å². The van der Waals surface area contributed by atoms with E-state index in [9.17, 15) is 9.59 Å². The minimum atomic E-state index is -0.159. The van der Waals surface area contributed by atoms with Gasteiger partial charge in [0.05, 0.1) is 17.8 Å². The van der Waals surface area contributed by atoms with Crippen LogP contribution in [0.15, 0.2) is 30.6 Å². The minimum Gasteiger partial charge on any atom is -0.437 e. The van der Waals surface area contributed by atoms with Crippen molar-refractivity contribution in [3.8, 4) is 11.6 Å². The van der Waals surface area contributed by atoms with Crippen LogP contribution in [-0.4, -0.2) is 32.8 Å². The molecule has 0 unspecified atom stereocenters. The Morgan fingerprint density at radius 1 is 1.26 bits per heavy atom. The molecule has 0 bridgehead atoms. The quantitative estimate of drug-likeness (QED) is 0.567. The van der Waals surface area contributed by atoms with Crippen LogP contribution < -0.4 is 15.4 Å². The molecule has 0 spiro atoms. The van der Waals surface area contributed by atoms with Crippen LogP contribution in [0.1, 0.15) is 60.6 Å². The molecule has 2 aromatic heterocycles. The number of hydrogen-bond acceptors (Lipinski definition) is 5. The second-order valence-electron chi connectivity index (χ2n) is 8.46. The zero-order chi connectivity index (χ0) is 21.5. The van der Waals surface area contributed by atoms with E-state index in [1.54, 1.807) is 6.20 Å². The first-order chi connectivity index (χ1) is 15.0. The molecule has 2 aliphatic carbocycles. The Morgan fingerprint density at radius 2 is 2.10 bits per heavy atom. The first kappa shape index (κ1) is 19.5. The molecule has 0 radical (unpaired) electrons. The van der Waals surface area contributed by atoms with Crippen LogP contribution in [0.2, 0.25) is 0 Å². The summed E-state index contributed by atoms with van der Waals surface area (Å²) >= 11 is 0. The van der Waals surface area contributed by atoms with Gasteiger partial charge in [-0.05, 0) is 61.8 Å². The van der Waals surface area contributed by atoms with E-state index >= 15 is 0 Å². The molecule has 8 heteroatoms. The first-order valence-corrected chi connectivity index (χ1v) is 10.7. The van der Waals surface area contributed by atoms with Crippen molar-refractivity contribution in [1.82, 2.24) is 25.6 Å². The van der Waals surface area contributed by atoms with E-state index in [1.165, 1.54) is 18.7 Å². The summed E-state index contributed by atoms with van der Waals surface area (Å²) in [5.41, 5.74) is 3.76. The van der Waals surface area contributed by atoms with Gasteiger partial charge in [0.2, 0.25) is 11.8 Å². The molecule has 2 amide bonds. The fourth-order valence-corrected chi connectivity index (χ4v) is 4.26. The predicted molar refractivity (Wildman–Crippen MR) is 115 cm³/mol. The Labute approximate surface area is 179 Å². The average Bonchev–Trinajstić information content (AvgIpc) is 3.40. The summed E-state index contributed by atoms with van der Waals surface area (Å²) in [6, 6.07) is 6.00. The number of hydrogen-bond donors (Lipinski definition) is 3. The number of carbonyl (C=O) groups is 2. The summed E-state index contributed by atoms with van der Waals surface area (Å²) in [6.45, 7) is 3.56. The lowest BCUT2D eigenvalue weighted by molar-refractivity contribution is -0.119. The second kappa shape index (κ2) is 7.68. The summed E-state index contributed by atoms with van der Waals surface area (Å²) in [5, 5.41) is 6.04. The number of ether oxygens (including phenoxy) is 1. The normalized spacial score (nSPS) is 18.5. The van der Waals surface area contributed by atoms with Crippen LogP contribution in [0.4, 0.5) is 0 Å². The monoisotopic (exact) mass is 419 g/mol. The van der Waals surface area contributed by atoms with Crippen LogP contribution >= 0.6 is 0 Å². The van der Waals surface area contributed by atoms with Crippen molar-refractivity contribution in [1.29, 1.82) is 0 Å². The number of fused-ring (bicyclic) bond motifs is 2. The van der Waals surface area contributed by atoms with Gasteiger partial charge < -0.3 is 20.4 Å². The molecule has 1 fully saturated rings. The van der Waals surface area contributed by atoms with Crippen LogP contribution in [0.5, 0.6) is 11.6 Å². The molecule has 0 saturated heterocycles. The molecule has 5 rings (SSSR count). The van der Waals surface area contributed by atoms with Gasteiger partial charge in [0.15, 0.2) is 5.65 Å². The largest absolute Gasteiger partial charge is 0.437 e. The molecule has 2 aliphatic rings. The predicted octanol–water partition coefficient (Wildman–Crippen LogP) is 3.40. The number of H-pyrrole nitrogens is 1. The molecular formula is C23H25N5O3. The van der Waals surface area contributed by atoms with Crippen molar-refractivity contribution >= 4 is 23.0 Å². The average molecular weight is 419 g/mol. The van der Waals surface area contributed by atoms with E-state index < -0.39 is 0 Å². The number of nitrogens with zero attached hydrogens (tertiary/aromatic N) is 2. The molecule has 31 heavy (non-hydrogen) atoms. The van der Waals surface area contributed by atoms with E-state index in [1.807, 2.05) is 25.1 Å². The molecular weight excluding hydrogens is 394 g/mol. The zero-order valence-electron chi connectivity index (χ0n) is 17.6. The molecule has 3 N–H and O–H groups in total. The Morgan fingerprint density at radius 3 is 2.87 bits per heavy atom. The summed E-state index contributed by atoms with van der Waals surface area (Å²) in [6.07, 6.45) is 7.30. The molecule has 0 aliphatic heterocycles. The highest BCUT2D eigenvalue weighted by molar-refractivity contribution is 6.04. The van der Waals surface area contributed by atoms with E-state index in [0.717, 1.165) is 31.2 Å².